The van der Waals surface area contributed by atoms with Crippen molar-refractivity contribution in [2.45, 2.75) is 26.4 Å². The number of aromatic nitrogens is 5. The van der Waals surface area contributed by atoms with Gasteiger partial charge in [0.15, 0.2) is 5.82 Å². The minimum Gasteiger partial charge on any atom is -0.497 e. The normalized spacial score (nSPS) is 11.8. The van der Waals surface area contributed by atoms with Crippen molar-refractivity contribution in [1.29, 1.82) is 0 Å². The van der Waals surface area contributed by atoms with Crippen molar-refractivity contribution in [2.24, 2.45) is 0 Å². The summed E-state index contributed by atoms with van der Waals surface area (Å²) in [6.07, 6.45) is 3.02. The molecule has 5 aromatic rings. The molecule has 0 aliphatic carbocycles. The maximum Gasteiger partial charge on any atom is 0.282 e. The number of nitrogens with two attached hydrogens (primary N) is 1. The van der Waals surface area contributed by atoms with E-state index < -0.39 is 11.9 Å². The molecule has 11 nitrogen and oxygen atoms in total. The van der Waals surface area contributed by atoms with Crippen LogP contribution in [0.3, 0.4) is 0 Å². The highest BCUT2D eigenvalue weighted by Crippen LogP contribution is 2.24. The van der Waals surface area contributed by atoms with E-state index in [1.54, 1.807) is 22.4 Å². The van der Waals surface area contributed by atoms with Crippen LogP contribution in [0.2, 0.25) is 0 Å². The lowest BCUT2D eigenvalue weighted by atomic mass is 10.2. The van der Waals surface area contributed by atoms with Gasteiger partial charge >= 0.3 is 0 Å². The van der Waals surface area contributed by atoms with E-state index in [0.29, 0.717) is 22.8 Å². The molecule has 4 N–H and O–H groups in total. The number of carbonyl (C=O) groups excluding carboxylic acids is 1. The zero-order valence-electron chi connectivity index (χ0n) is 21.8. The third kappa shape index (κ3) is 5.01. The first-order valence-electron chi connectivity index (χ1n) is 12.3. The van der Waals surface area contributed by atoms with Gasteiger partial charge in [-0.25, -0.2) is 14.5 Å². The minimum atomic E-state index is -0.552. The largest absolute Gasteiger partial charge is 0.497 e. The number of benzene rings is 2. The van der Waals surface area contributed by atoms with Crippen LogP contribution in [0.25, 0.3) is 11.2 Å². The molecule has 198 valence electrons. The van der Waals surface area contributed by atoms with Crippen molar-refractivity contribution in [1.82, 2.24) is 29.5 Å². The highest BCUT2D eigenvalue weighted by molar-refractivity contribution is 6.02. The Balaban J connectivity index is 1.49. The van der Waals surface area contributed by atoms with Gasteiger partial charge < -0.3 is 21.1 Å². The molecule has 0 saturated carbocycles. The van der Waals surface area contributed by atoms with Crippen LogP contribution in [-0.2, 0) is 6.54 Å². The van der Waals surface area contributed by atoms with Crippen molar-refractivity contribution in [2.75, 3.05) is 18.2 Å². The number of fused-ring (bicyclic) bond motifs is 1. The van der Waals surface area contributed by atoms with Crippen LogP contribution in [-0.4, -0.2) is 37.2 Å². The van der Waals surface area contributed by atoms with Gasteiger partial charge in [0.2, 0.25) is 0 Å². The number of nitrogens with zero attached hydrogens (tertiary/aromatic N) is 5. The van der Waals surface area contributed by atoms with Crippen LogP contribution in [0, 0.1) is 6.92 Å². The van der Waals surface area contributed by atoms with Crippen molar-refractivity contribution >= 4 is 23.1 Å². The summed E-state index contributed by atoms with van der Waals surface area (Å²) in [6.45, 7) is 3.95. The molecular formula is C28H28N8O3. The summed E-state index contributed by atoms with van der Waals surface area (Å²) in [7, 11) is 1.58. The molecule has 0 aliphatic rings. The second kappa shape index (κ2) is 10.7. The Kier molecular flexibility index (Phi) is 6.96. The van der Waals surface area contributed by atoms with Gasteiger partial charge in [0.1, 0.15) is 34.8 Å². The second-order valence-electron chi connectivity index (χ2n) is 9.01. The Labute approximate surface area is 224 Å². The van der Waals surface area contributed by atoms with Crippen LogP contribution in [0.4, 0.5) is 11.6 Å². The molecule has 0 radical (unpaired) electrons. The Hall–Kier alpha value is -5.19. The number of hydrogen-bond donors (Lipinski definition) is 3. The number of amides is 1. The molecule has 1 atom stereocenters. The first-order chi connectivity index (χ1) is 18.9. The summed E-state index contributed by atoms with van der Waals surface area (Å²) in [5.74, 6) is 0.903. The van der Waals surface area contributed by atoms with Crippen molar-refractivity contribution < 1.29 is 9.53 Å². The third-order valence-electron chi connectivity index (χ3n) is 6.36. The van der Waals surface area contributed by atoms with Crippen LogP contribution >= 0.6 is 0 Å². The van der Waals surface area contributed by atoms with E-state index in [1.807, 2.05) is 74.5 Å². The molecule has 3 heterocycles. The van der Waals surface area contributed by atoms with E-state index in [9.17, 15) is 9.59 Å². The number of nitrogens with one attached hydrogen (secondary N) is 2. The fourth-order valence-corrected chi connectivity index (χ4v) is 4.39. The number of rotatable bonds is 8. The van der Waals surface area contributed by atoms with Gasteiger partial charge in [0.25, 0.3) is 11.5 Å². The average Bonchev–Trinajstić information content (AvgIpc) is 3.33. The lowest BCUT2D eigenvalue weighted by Crippen LogP contribution is -2.30. The molecule has 1 unspecified atom stereocenters. The van der Waals surface area contributed by atoms with Crippen molar-refractivity contribution in [3.05, 3.63) is 106 Å². The number of carbonyl (C=O) groups is 1. The Morgan fingerprint density at radius 1 is 1.10 bits per heavy atom. The molecule has 0 saturated heterocycles. The fourth-order valence-electron chi connectivity index (χ4n) is 4.39. The number of ether oxygens (including phenoxy) is 1. The van der Waals surface area contributed by atoms with E-state index in [4.69, 9.17) is 15.6 Å². The molecule has 5 rings (SSSR count). The highest BCUT2D eigenvalue weighted by Gasteiger charge is 2.23. The summed E-state index contributed by atoms with van der Waals surface area (Å²) >= 11 is 0. The molecule has 1 amide bonds. The Bertz CT molecular complexity index is 1710. The predicted octanol–water partition coefficient (Wildman–Crippen LogP) is 3.28. The molecule has 0 aliphatic heterocycles. The second-order valence-corrected chi connectivity index (χ2v) is 9.01. The Morgan fingerprint density at radius 3 is 2.67 bits per heavy atom. The van der Waals surface area contributed by atoms with Gasteiger partial charge in [-0.1, -0.05) is 30.3 Å². The van der Waals surface area contributed by atoms with Crippen LogP contribution in [0.15, 0.2) is 78.0 Å². The van der Waals surface area contributed by atoms with Crippen LogP contribution < -0.4 is 26.7 Å². The SMILES string of the molecule is COc1cccc(CNC(=O)c2c(N)ncnc2NC(C)c2nn3ccc(C)c3c(=O)n2-c2ccccc2)c1. The summed E-state index contributed by atoms with van der Waals surface area (Å²) in [4.78, 5) is 35.2. The van der Waals surface area contributed by atoms with E-state index >= 15 is 0 Å². The molecule has 0 spiro atoms. The van der Waals surface area contributed by atoms with Gasteiger partial charge in [-0.15, -0.1) is 0 Å². The van der Waals surface area contributed by atoms with E-state index in [0.717, 1.165) is 11.1 Å². The third-order valence-corrected chi connectivity index (χ3v) is 6.36. The summed E-state index contributed by atoms with van der Waals surface area (Å²) in [6, 6.07) is 17.9. The first kappa shape index (κ1) is 25.5. The summed E-state index contributed by atoms with van der Waals surface area (Å²) in [5.41, 5.74) is 8.84. The molecule has 11 heteroatoms. The van der Waals surface area contributed by atoms with Crippen LogP contribution in [0.1, 0.15) is 40.3 Å². The summed E-state index contributed by atoms with van der Waals surface area (Å²) < 4.78 is 8.39. The number of methoxy groups -OCH3 is 1. The van der Waals surface area contributed by atoms with Crippen molar-refractivity contribution in [3.63, 3.8) is 0 Å². The predicted molar refractivity (Wildman–Crippen MR) is 148 cm³/mol. The molecular weight excluding hydrogens is 496 g/mol. The molecule has 3 aromatic heterocycles. The number of nitrogen functional groups attached to an aromatic ring is 1. The number of hydrogen-bond acceptors (Lipinski definition) is 8. The maximum absolute atomic E-state index is 13.6. The van der Waals surface area contributed by atoms with Gasteiger partial charge in [-0.2, -0.15) is 5.10 Å². The zero-order chi connectivity index (χ0) is 27.5. The topological polar surface area (TPSA) is 141 Å². The molecule has 39 heavy (non-hydrogen) atoms. The quantitative estimate of drug-likeness (QED) is 0.281. The zero-order valence-corrected chi connectivity index (χ0v) is 21.8. The minimum absolute atomic E-state index is 0.0211. The van der Waals surface area contributed by atoms with Gasteiger partial charge in [0, 0.05) is 12.7 Å². The number of anilines is 2. The van der Waals surface area contributed by atoms with Gasteiger partial charge in [-0.3, -0.25) is 14.2 Å². The smallest absolute Gasteiger partial charge is 0.282 e. The number of aryl methyl sites for hydroxylation is 1. The number of para-hydroxylation sites is 1. The van der Waals surface area contributed by atoms with Gasteiger partial charge in [-0.05, 0) is 55.3 Å². The fraction of sp³-hybridized carbons (Fsp3) is 0.179. The van der Waals surface area contributed by atoms with Gasteiger partial charge in [0.05, 0.1) is 18.8 Å². The Morgan fingerprint density at radius 2 is 1.90 bits per heavy atom. The van der Waals surface area contributed by atoms with E-state index in [1.165, 1.54) is 6.33 Å². The lowest BCUT2D eigenvalue weighted by molar-refractivity contribution is 0.0952. The maximum atomic E-state index is 13.6. The lowest BCUT2D eigenvalue weighted by Gasteiger charge is -2.21. The molecule has 0 bridgehead atoms. The van der Waals surface area contributed by atoms with Crippen LogP contribution in [0.5, 0.6) is 5.75 Å². The van der Waals surface area contributed by atoms with Crippen molar-refractivity contribution in [3.8, 4) is 11.4 Å². The first-order valence-corrected chi connectivity index (χ1v) is 12.3. The standard InChI is InChI=1S/C28H28N8O3/c1-17-12-13-35-23(17)28(38)36(20-9-5-4-6-10-20)26(34-35)18(2)33-25-22(24(29)31-16-32-25)27(37)30-15-19-8-7-11-21(14-19)39-3/h4-14,16,18H,15H2,1-3H3,(H,30,37)(H3,29,31,32,33). The van der Waals surface area contributed by atoms with E-state index in [2.05, 4.69) is 20.6 Å². The average molecular weight is 525 g/mol. The highest BCUT2D eigenvalue weighted by atomic mass is 16.5. The van der Waals surface area contributed by atoms with E-state index in [-0.39, 0.29) is 29.3 Å². The summed E-state index contributed by atoms with van der Waals surface area (Å²) in [5, 5.41) is 10.8. The monoisotopic (exact) mass is 524 g/mol. The molecule has 2 aromatic carbocycles. The molecule has 0 fully saturated rings.